The second kappa shape index (κ2) is 9.36. The van der Waals surface area contributed by atoms with E-state index in [1.807, 2.05) is 37.3 Å². The van der Waals surface area contributed by atoms with Crippen LogP contribution in [-0.4, -0.2) is 27.9 Å². The molecule has 0 saturated heterocycles. The molecule has 188 valence electrons. The molecule has 2 aromatic carbocycles. The van der Waals surface area contributed by atoms with Crippen molar-refractivity contribution < 1.29 is 4.79 Å². The number of carbonyl (C=O) groups is 1. The summed E-state index contributed by atoms with van der Waals surface area (Å²) in [5.74, 6) is 2.35. The van der Waals surface area contributed by atoms with E-state index in [4.69, 9.17) is 39.9 Å². The van der Waals surface area contributed by atoms with Crippen molar-refractivity contribution in [3.05, 3.63) is 68.8 Å². The van der Waals surface area contributed by atoms with Gasteiger partial charge < -0.3 is 5.32 Å². The Labute approximate surface area is 226 Å². The molecule has 0 spiro atoms. The first-order valence-corrected chi connectivity index (χ1v) is 13.8. The van der Waals surface area contributed by atoms with Crippen molar-refractivity contribution in [2.45, 2.75) is 51.0 Å². The maximum absolute atomic E-state index is 13.4. The first-order chi connectivity index (χ1) is 17.3. The van der Waals surface area contributed by atoms with Crippen LogP contribution in [0.1, 0.15) is 54.6 Å². The molecule has 0 atom stereocenters. The van der Waals surface area contributed by atoms with E-state index in [-0.39, 0.29) is 11.4 Å². The summed E-state index contributed by atoms with van der Waals surface area (Å²) in [4.78, 5) is 13.4. The minimum absolute atomic E-state index is 0.182. The Morgan fingerprint density at radius 2 is 1.58 bits per heavy atom. The number of amides is 1. The molecule has 36 heavy (non-hydrogen) atoms. The van der Waals surface area contributed by atoms with E-state index in [1.165, 1.54) is 38.5 Å². The SMILES string of the molecule is Cc1c(C(=O)NCNC23CC4CC(CC(C4)C2)C3)nn(-c2ccc(Cl)cc2Cl)c1-c1ccc(Cl)cc1. The van der Waals surface area contributed by atoms with Crippen LogP contribution in [0.4, 0.5) is 0 Å². The van der Waals surface area contributed by atoms with Crippen LogP contribution >= 0.6 is 34.8 Å². The summed E-state index contributed by atoms with van der Waals surface area (Å²) >= 11 is 18.8. The molecule has 1 aromatic heterocycles. The highest BCUT2D eigenvalue weighted by Gasteiger charge is 2.50. The Morgan fingerprint density at radius 1 is 0.972 bits per heavy atom. The van der Waals surface area contributed by atoms with Gasteiger partial charge in [0.05, 0.1) is 23.1 Å². The van der Waals surface area contributed by atoms with Gasteiger partial charge in [-0.3, -0.25) is 10.1 Å². The molecule has 4 saturated carbocycles. The number of hydrogen-bond donors (Lipinski definition) is 2. The minimum atomic E-state index is -0.205. The van der Waals surface area contributed by atoms with Gasteiger partial charge in [0.15, 0.2) is 5.69 Å². The Kier molecular flexibility index (Phi) is 6.32. The fourth-order valence-corrected chi connectivity index (χ4v) is 7.82. The maximum atomic E-state index is 13.4. The first kappa shape index (κ1) is 24.3. The second-order valence-electron chi connectivity index (χ2n) is 10.9. The number of hydrogen-bond acceptors (Lipinski definition) is 3. The highest BCUT2D eigenvalue weighted by molar-refractivity contribution is 6.35. The van der Waals surface area contributed by atoms with Crippen molar-refractivity contribution in [1.82, 2.24) is 20.4 Å². The summed E-state index contributed by atoms with van der Waals surface area (Å²) in [6.07, 6.45) is 7.88. The molecule has 4 bridgehead atoms. The van der Waals surface area contributed by atoms with Gasteiger partial charge in [0.1, 0.15) is 0 Å². The number of nitrogens with zero attached hydrogens (tertiary/aromatic N) is 2. The summed E-state index contributed by atoms with van der Waals surface area (Å²) in [5.41, 5.74) is 3.66. The van der Waals surface area contributed by atoms with Crippen LogP contribution in [-0.2, 0) is 0 Å². The predicted molar refractivity (Wildman–Crippen MR) is 145 cm³/mol. The van der Waals surface area contributed by atoms with Gasteiger partial charge in [-0.05, 0) is 93.5 Å². The fourth-order valence-electron chi connectivity index (χ4n) is 7.21. The third kappa shape index (κ3) is 4.45. The van der Waals surface area contributed by atoms with E-state index in [9.17, 15) is 4.79 Å². The number of aromatic nitrogens is 2. The van der Waals surface area contributed by atoms with Gasteiger partial charge in [-0.25, -0.2) is 4.68 Å². The Morgan fingerprint density at radius 3 is 2.19 bits per heavy atom. The third-order valence-electron chi connectivity index (χ3n) is 8.34. The molecule has 0 aliphatic heterocycles. The van der Waals surface area contributed by atoms with Crippen molar-refractivity contribution in [1.29, 1.82) is 0 Å². The highest BCUT2D eigenvalue weighted by Crippen LogP contribution is 2.55. The lowest BCUT2D eigenvalue weighted by Gasteiger charge is -2.57. The molecular formula is C28H29Cl3N4O. The van der Waals surface area contributed by atoms with Crippen LogP contribution in [0.2, 0.25) is 15.1 Å². The number of halogens is 3. The molecule has 3 aromatic rings. The van der Waals surface area contributed by atoms with E-state index in [0.717, 1.165) is 34.6 Å². The molecule has 7 rings (SSSR count). The highest BCUT2D eigenvalue weighted by atomic mass is 35.5. The van der Waals surface area contributed by atoms with Crippen LogP contribution in [0.3, 0.4) is 0 Å². The monoisotopic (exact) mass is 542 g/mol. The molecule has 4 aliphatic rings. The van der Waals surface area contributed by atoms with E-state index in [2.05, 4.69) is 10.6 Å². The normalized spacial score (nSPS) is 26.4. The Hall–Kier alpha value is -2.05. The standard InChI is InChI=1S/C28H29Cl3N4O/c1-16-25(27(36)32-15-33-28-12-17-8-18(13-28)10-19(9-17)14-28)34-35(24-7-6-22(30)11-23(24)31)26(16)20-2-4-21(29)5-3-20/h2-7,11,17-19,33H,8-10,12-15H2,1H3,(H,32,36). The predicted octanol–water partition coefficient (Wildman–Crippen LogP) is 7.05. The Bertz CT molecular complexity index is 1280. The molecule has 4 aliphatic carbocycles. The van der Waals surface area contributed by atoms with Gasteiger partial charge in [0.2, 0.25) is 0 Å². The summed E-state index contributed by atoms with van der Waals surface area (Å²) in [5, 5.41) is 13.2. The van der Waals surface area contributed by atoms with E-state index in [0.29, 0.717) is 33.1 Å². The molecule has 8 heteroatoms. The molecule has 2 N–H and O–H groups in total. The molecule has 1 amide bonds. The smallest absolute Gasteiger partial charge is 0.273 e. The summed E-state index contributed by atoms with van der Waals surface area (Å²) in [6.45, 7) is 2.36. The fraction of sp³-hybridized carbons (Fsp3) is 0.429. The number of benzene rings is 2. The van der Waals surface area contributed by atoms with Crippen LogP contribution in [0.5, 0.6) is 0 Å². The maximum Gasteiger partial charge on any atom is 0.273 e. The molecule has 0 unspecified atom stereocenters. The van der Waals surface area contributed by atoms with Crippen LogP contribution in [0.25, 0.3) is 16.9 Å². The number of rotatable bonds is 6. The van der Waals surface area contributed by atoms with Crippen LogP contribution in [0, 0.1) is 24.7 Å². The van der Waals surface area contributed by atoms with Gasteiger partial charge in [0, 0.05) is 26.7 Å². The van der Waals surface area contributed by atoms with Crippen molar-refractivity contribution in [3.63, 3.8) is 0 Å². The average Bonchev–Trinajstić information content (AvgIpc) is 3.15. The minimum Gasteiger partial charge on any atom is -0.338 e. The van der Waals surface area contributed by atoms with Gasteiger partial charge in [-0.15, -0.1) is 0 Å². The average molecular weight is 544 g/mol. The molecule has 1 heterocycles. The molecule has 0 radical (unpaired) electrons. The quantitative estimate of drug-likeness (QED) is 0.327. The van der Waals surface area contributed by atoms with Gasteiger partial charge in [-0.1, -0.05) is 46.9 Å². The van der Waals surface area contributed by atoms with E-state index >= 15 is 0 Å². The number of carbonyl (C=O) groups excluding carboxylic acids is 1. The van der Waals surface area contributed by atoms with Crippen molar-refractivity contribution in [3.8, 4) is 16.9 Å². The number of nitrogens with one attached hydrogen (secondary N) is 2. The van der Waals surface area contributed by atoms with Crippen LogP contribution in [0.15, 0.2) is 42.5 Å². The first-order valence-electron chi connectivity index (χ1n) is 12.6. The summed E-state index contributed by atoms with van der Waals surface area (Å²) in [6, 6.07) is 12.7. The zero-order valence-corrected chi connectivity index (χ0v) is 22.4. The van der Waals surface area contributed by atoms with Crippen molar-refractivity contribution in [2.24, 2.45) is 17.8 Å². The van der Waals surface area contributed by atoms with Gasteiger partial charge in [-0.2, -0.15) is 5.10 Å². The largest absolute Gasteiger partial charge is 0.338 e. The topological polar surface area (TPSA) is 59.0 Å². The molecular weight excluding hydrogens is 515 g/mol. The third-order valence-corrected chi connectivity index (χ3v) is 9.13. The van der Waals surface area contributed by atoms with E-state index in [1.54, 1.807) is 16.8 Å². The Balaban J connectivity index is 1.27. The van der Waals surface area contributed by atoms with Crippen molar-refractivity contribution >= 4 is 40.7 Å². The lowest BCUT2D eigenvalue weighted by molar-refractivity contribution is -0.0201. The van der Waals surface area contributed by atoms with E-state index < -0.39 is 0 Å². The lowest BCUT2D eigenvalue weighted by Crippen LogP contribution is -2.60. The van der Waals surface area contributed by atoms with Crippen LogP contribution < -0.4 is 10.6 Å². The van der Waals surface area contributed by atoms with Gasteiger partial charge >= 0.3 is 0 Å². The summed E-state index contributed by atoms with van der Waals surface area (Å²) in [7, 11) is 0. The van der Waals surface area contributed by atoms with Gasteiger partial charge in [0.25, 0.3) is 5.91 Å². The van der Waals surface area contributed by atoms with Crippen molar-refractivity contribution in [2.75, 3.05) is 6.67 Å². The second-order valence-corrected chi connectivity index (χ2v) is 12.2. The molecule has 5 nitrogen and oxygen atoms in total. The summed E-state index contributed by atoms with van der Waals surface area (Å²) < 4.78 is 1.72. The zero-order valence-electron chi connectivity index (χ0n) is 20.2. The zero-order chi connectivity index (χ0) is 25.0. The molecule has 4 fully saturated rings. The lowest BCUT2D eigenvalue weighted by atomic mass is 9.53.